The molecule has 0 bridgehead atoms. The highest BCUT2D eigenvalue weighted by Gasteiger charge is 2.24. The second kappa shape index (κ2) is 8.34. The minimum absolute atomic E-state index is 0.182. The second-order valence-electron chi connectivity index (χ2n) is 7.20. The number of nitrogens with zero attached hydrogens (tertiary/aromatic N) is 3. The van der Waals surface area contributed by atoms with Gasteiger partial charge in [0.15, 0.2) is 0 Å². The zero-order chi connectivity index (χ0) is 16.7. The van der Waals surface area contributed by atoms with E-state index in [1.165, 1.54) is 0 Å². The first kappa shape index (κ1) is 17.8. The normalized spacial score (nSPS) is 19.4. The smallest absolute Gasteiger partial charge is 0.410 e. The summed E-state index contributed by atoms with van der Waals surface area (Å²) in [4.78, 5) is 18.0. The lowest BCUT2D eigenvalue weighted by molar-refractivity contribution is 0.0256. The fourth-order valence-corrected chi connectivity index (χ4v) is 2.80. The highest BCUT2D eigenvalue weighted by Crippen LogP contribution is 2.15. The summed E-state index contributed by atoms with van der Waals surface area (Å²) >= 11 is 0. The summed E-state index contributed by atoms with van der Waals surface area (Å²) in [7, 11) is 0. The van der Waals surface area contributed by atoms with Gasteiger partial charge in [-0.25, -0.2) is 9.78 Å². The quantitative estimate of drug-likeness (QED) is 0.847. The summed E-state index contributed by atoms with van der Waals surface area (Å²) in [5, 5.41) is 3.62. The van der Waals surface area contributed by atoms with E-state index in [-0.39, 0.29) is 6.09 Å². The molecule has 1 unspecified atom stereocenters. The van der Waals surface area contributed by atoms with Crippen molar-refractivity contribution in [2.75, 3.05) is 19.6 Å². The number of ether oxygens (including phenoxy) is 1. The average Bonchev–Trinajstić information content (AvgIpc) is 2.86. The monoisotopic (exact) mass is 322 g/mol. The van der Waals surface area contributed by atoms with Gasteiger partial charge in [0.05, 0.1) is 6.33 Å². The molecule has 2 heterocycles. The summed E-state index contributed by atoms with van der Waals surface area (Å²) in [5.74, 6) is 0. The molecule has 1 fully saturated rings. The van der Waals surface area contributed by atoms with Gasteiger partial charge in [0.2, 0.25) is 0 Å². The maximum atomic E-state index is 12.1. The minimum Gasteiger partial charge on any atom is -0.444 e. The van der Waals surface area contributed by atoms with E-state index < -0.39 is 5.60 Å². The highest BCUT2D eigenvalue weighted by atomic mass is 16.6. The van der Waals surface area contributed by atoms with Gasteiger partial charge in [-0.3, -0.25) is 0 Å². The summed E-state index contributed by atoms with van der Waals surface area (Å²) < 4.78 is 7.56. The van der Waals surface area contributed by atoms with Crippen molar-refractivity contribution in [2.45, 2.75) is 64.6 Å². The van der Waals surface area contributed by atoms with Crippen molar-refractivity contribution in [2.24, 2.45) is 0 Å². The van der Waals surface area contributed by atoms with E-state index in [0.717, 1.165) is 51.9 Å². The van der Waals surface area contributed by atoms with Gasteiger partial charge in [0.1, 0.15) is 5.60 Å². The third-order valence-corrected chi connectivity index (χ3v) is 3.97. The van der Waals surface area contributed by atoms with Crippen LogP contribution in [0.1, 0.15) is 46.5 Å². The zero-order valence-corrected chi connectivity index (χ0v) is 14.6. The Kier molecular flexibility index (Phi) is 6.45. The number of hydrogen-bond acceptors (Lipinski definition) is 4. The van der Waals surface area contributed by atoms with Crippen LogP contribution in [0, 0.1) is 0 Å². The third-order valence-electron chi connectivity index (χ3n) is 3.97. The Labute approximate surface area is 139 Å². The maximum Gasteiger partial charge on any atom is 0.410 e. The molecule has 1 amide bonds. The van der Waals surface area contributed by atoms with Gasteiger partial charge in [-0.05, 0) is 53.0 Å². The molecule has 1 aliphatic heterocycles. The average molecular weight is 322 g/mol. The maximum absolute atomic E-state index is 12.1. The van der Waals surface area contributed by atoms with Crippen LogP contribution in [0.3, 0.4) is 0 Å². The number of rotatable bonds is 5. The molecule has 0 spiro atoms. The van der Waals surface area contributed by atoms with Gasteiger partial charge < -0.3 is 19.5 Å². The molecule has 1 saturated heterocycles. The van der Waals surface area contributed by atoms with Crippen LogP contribution in [0.5, 0.6) is 0 Å². The lowest BCUT2D eigenvalue weighted by atomic mass is 10.1. The third kappa shape index (κ3) is 6.60. The molecule has 130 valence electrons. The first-order valence-electron chi connectivity index (χ1n) is 8.61. The highest BCUT2D eigenvalue weighted by molar-refractivity contribution is 5.68. The fourth-order valence-electron chi connectivity index (χ4n) is 2.80. The molecule has 1 N–H and O–H groups in total. The topological polar surface area (TPSA) is 59.4 Å². The van der Waals surface area contributed by atoms with Crippen molar-refractivity contribution in [3.05, 3.63) is 18.7 Å². The molecular weight excluding hydrogens is 292 g/mol. The number of hydrogen-bond donors (Lipinski definition) is 1. The molecular formula is C17H30N4O2. The van der Waals surface area contributed by atoms with E-state index in [0.29, 0.717) is 6.04 Å². The molecule has 6 heteroatoms. The summed E-state index contributed by atoms with van der Waals surface area (Å²) in [6.07, 6.45) is 9.69. The molecule has 2 rings (SSSR count). The van der Waals surface area contributed by atoms with Crippen molar-refractivity contribution in [1.29, 1.82) is 0 Å². The van der Waals surface area contributed by atoms with Crippen LogP contribution < -0.4 is 5.32 Å². The van der Waals surface area contributed by atoms with Crippen LogP contribution in [0.4, 0.5) is 4.79 Å². The van der Waals surface area contributed by atoms with Crippen molar-refractivity contribution in [1.82, 2.24) is 19.8 Å². The number of amides is 1. The van der Waals surface area contributed by atoms with E-state index in [2.05, 4.69) is 14.9 Å². The van der Waals surface area contributed by atoms with Crippen LogP contribution in [0.2, 0.25) is 0 Å². The second-order valence-corrected chi connectivity index (χ2v) is 7.20. The number of aromatic nitrogens is 2. The SMILES string of the molecule is CC(C)(C)OC(=O)N1CCCC(NCCCn2ccnc2)CC1. The lowest BCUT2D eigenvalue weighted by Gasteiger charge is -2.26. The predicted octanol–water partition coefficient (Wildman–Crippen LogP) is 2.65. The molecule has 1 aliphatic rings. The number of likely N-dealkylation sites (tertiary alicyclic amines) is 1. The summed E-state index contributed by atoms with van der Waals surface area (Å²) in [5.41, 5.74) is -0.422. The molecule has 1 aromatic rings. The summed E-state index contributed by atoms with van der Waals surface area (Å²) in [6.45, 7) is 9.28. The van der Waals surface area contributed by atoms with Crippen LogP contribution >= 0.6 is 0 Å². The lowest BCUT2D eigenvalue weighted by Crippen LogP contribution is -2.38. The van der Waals surface area contributed by atoms with Crippen LogP contribution in [-0.4, -0.2) is 51.8 Å². The molecule has 1 atom stereocenters. The van der Waals surface area contributed by atoms with Crippen LogP contribution in [0.15, 0.2) is 18.7 Å². The van der Waals surface area contributed by atoms with Gasteiger partial charge in [-0.15, -0.1) is 0 Å². The van der Waals surface area contributed by atoms with Gasteiger partial charge >= 0.3 is 6.09 Å². The minimum atomic E-state index is -0.422. The van der Waals surface area contributed by atoms with Gasteiger partial charge in [0.25, 0.3) is 0 Å². The number of imidazole rings is 1. The molecule has 0 radical (unpaired) electrons. The first-order chi connectivity index (χ1) is 10.9. The standard InChI is InChI=1S/C17H30N4O2/c1-17(2,3)23-16(22)21-11-4-6-15(7-12-21)19-8-5-10-20-13-9-18-14-20/h9,13-15,19H,4-8,10-12H2,1-3H3. The van der Waals surface area contributed by atoms with Gasteiger partial charge in [0, 0.05) is 38.1 Å². The predicted molar refractivity (Wildman–Crippen MR) is 90.3 cm³/mol. The fraction of sp³-hybridized carbons (Fsp3) is 0.765. The van der Waals surface area contributed by atoms with E-state index in [4.69, 9.17) is 4.74 Å². The van der Waals surface area contributed by atoms with Crippen LogP contribution in [0.25, 0.3) is 0 Å². The number of carbonyl (C=O) groups excluding carboxylic acids is 1. The van der Waals surface area contributed by atoms with Crippen molar-refractivity contribution in [3.8, 4) is 0 Å². The molecule has 6 nitrogen and oxygen atoms in total. The van der Waals surface area contributed by atoms with E-state index in [1.54, 1.807) is 0 Å². The van der Waals surface area contributed by atoms with Gasteiger partial charge in [-0.1, -0.05) is 0 Å². The molecule has 0 aliphatic carbocycles. The molecule has 23 heavy (non-hydrogen) atoms. The number of carbonyl (C=O) groups is 1. The Morgan fingerprint density at radius 2 is 2.17 bits per heavy atom. The Bertz CT molecular complexity index is 467. The van der Waals surface area contributed by atoms with Crippen molar-refractivity contribution in [3.63, 3.8) is 0 Å². The zero-order valence-electron chi connectivity index (χ0n) is 14.6. The Hall–Kier alpha value is -1.56. The van der Waals surface area contributed by atoms with Crippen molar-refractivity contribution < 1.29 is 9.53 Å². The van der Waals surface area contributed by atoms with E-state index in [9.17, 15) is 4.79 Å². The van der Waals surface area contributed by atoms with Crippen molar-refractivity contribution >= 4 is 6.09 Å². The van der Waals surface area contributed by atoms with E-state index in [1.807, 2.05) is 44.4 Å². The number of aryl methyl sites for hydroxylation is 1. The van der Waals surface area contributed by atoms with E-state index >= 15 is 0 Å². The van der Waals surface area contributed by atoms with Gasteiger partial charge in [-0.2, -0.15) is 0 Å². The largest absolute Gasteiger partial charge is 0.444 e. The van der Waals surface area contributed by atoms with Crippen LogP contribution in [-0.2, 0) is 11.3 Å². The Balaban J connectivity index is 1.66. The molecule has 1 aromatic heterocycles. The first-order valence-corrected chi connectivity index (χ1v) is 8.61. The summed E-state index contributed by atoms with van der Waals surface area (Å²) in [6, 6.07) is 0.491. The molecule has 0 saturated carbocycles. The number of nitrogens with one attached hydrogen (secondary N) is 1. The Morgan fingerprint density at radius 3 is 2.87 bits per heavy atom. The Morgan fingerprint density at radius 1 is 1.35 bits per heavy atom. The molecule has 0 aromatic carbocycles.